The summed E-state index contributed by atoms with van der Waals surface area (Å²) in [5.74, 6) is 0.812. The molecule has 148 valence electrons. The van der Waals surface area contributed by atoms with Gasteiger partial charge in [-0.3, -0.25) is 4.72 Å². The molecule has 2 aromatic rings. The van der Waals surface area contributed by atoms with Gasteiger partial charge in [-0.15, -0.1) is 0 Å². The Labute approximate surface area is 165 Å². The SMILES string of the molecule is CCNCCCc1cc(NS(=O)(=O)c2ccc(OC)c(OC)c2)ccc1Cl. The van der Waals surface area contributed by atoms with Crippen molar-refractivity contribution in [1.29, 1.82) is 0 Å². The Morgan fingerprint density at radius 2 is 1.78 bits per heavy atom. The lowest BCUT2D eigenvalue weighted by molar-refractivity contribution is 0.354. The van der Waals surface area contributed by atoms with Crippen LogP contribution in [-0.4, -0.2) is 35.7 Å². The van der Waals surface area contributed by atoms with E-state index in [0.29, 0.717) is 22.2 Å². The van der Waals surface area contributed by atoms with Crippen LogP contribution in [0.3, 0.4) is 0 Å². The standard InChI is InChI=1S/C19H25ClN2O4S/c1-4-21-11-5-6-14-12-15(7-9-17(14)20)22-27(23,24)16-8-10-18(25-2)19(13-16)26-3/h7-10,12-13,21-22H,4-6,11H2,1-3H3. The molecule has 2 N–H and O–H groups in total. The minimum Gasteiger partial charge on any atom is -0.493 e. The molecular weight excluding hydrogens is 388 g/mol. The molecular formula is C19H25ClN2O4S. The number of aryl methyl sites for hydroxylation is 1. The molecule has 0 saturated carbocycles. The Hall–Kier alpha value is -1.96. The highest BCUT2D eigenvalue weighted by Crippen LogP contribution is 2.30. The Bertz CT molecular complexity index is 872. The molecule has 2 aromatic carbocycles. The summed E-state index contributed by atoms with van der Waals surface area (Å²) in [5, 5.41) is 3.88. The van der Waals surface area contributed by atoms with Crippen molar-refractivity contribution in [1.82, 2.24) is 5.32 Å². The average Bonchev–Trinajstić information content (AvgIpc) is 2.66. The molecule has 8 heteroatoms. The van der Waals surface area contributed by atoms with Gasteiger partial charge in [-0.05, 0) is 61.8 Å². The number of hydrogen-bond acceptors (Lipinski definition) is 5. The number of nitrogens with one attached hydrogen (secondary N) is 2. The minimum atomic E-state index is -3.77. The topological polar surface area (TPSA) is 76.7 Å². The van der Waals surface area contributed by atoms with Crippen molar-refractivity contribution >= 4 is 27.3 Å². The van der Waals surface area contributed by atoms with Crippen LogP contribution in [0.5, 0.6) is 11.5 Å². The van der Waals surface area contributed by atoms with Crippen LogP contribution in [0.1, 0.15) is 18.9 Å². The molecule has 0 amide bonds. The van der Waals surface area contributed by atoms with Crippen LogP contribution in [0.2, 0.25) is 5.02 Å². The monoisotopic (exact) mass is 412 g/mol. The van der Waals surface area contributed by atoms with Crippen molar-refractivity contribution in [3.05, 3.63) is 47.0 Å². The summed E-state index contributed by atoms with van der Waals surface area (Å²) < 4.78 is 38.3. The van der Waals surface area contributed by atoms with Crippen molar-refractivity contribution < 1.29 is 17.9 Å². The van der Waals surface area contributed by atoms with Crippen molar-refractivity contribution in [3.8, 4) is 11.5 Å². The first-order chi connectivity index (χ1) is 12.9. The van der Waals surface area contributed by atoms with Crippen LogP contribution in [0.25, 0.3) is 0 Å². The fourth-order valence-electron chi connectivity index (χ4n) is 2.61. The number of ether oxygens (including phenoxy) is 2. The van der Waals surface area contributed by atoms with E-state index in [4.69, 9.17) is 21.1 Å². The van der Waals surface area contributed by atoms with E-state index in [1.54, 1.807) is 24.3 Å². The van der Waals surface area contributed by atoms with Gasteiger partial charge < -0.3 is 14.8 Å². The van der Waals surface area contributed by atoms with Gasteiger partial charge >= 0.3 is 0 Å². The van der Waals surface area contributed by atoms with Crippen molar-refractivity contribution in [2.45, 2.75) is 24.7 Å². The Morgan fingerprint density at radius 1 is 1.04 bits per heavy atom. The smallest absolute Gasteiger partial charge is 0.262 e. The fourth-order valence-corrected chi connectivity index (χ4v) is 3.88. The summed E-state index contributed by atoms with van der Waals surface area (Å²) in [7, 11) is -0.816. The van der Waals surface area contributed by atoms with Gasteiger partial charge in [-0.2, -0.15) is 0 Å². The third-order valence-electron chi connectivity index (χ3n) is 4.01. The van der Waals surface area contributed by atoms with E-state index in [2.05, 4.69) is 17.0 Å². The summed E-state index contributed by atoms with van der Waals surface area (Å²) in [6.07, 6.45) is 1.68. The normalized spacial score (nSPS) is 11.3. The molecule has 0 radical (unpaired) electrons. The Kier molecular flexibility index (Phi) is 7.77. The summed E-state index contributed by atoms with van der Waals surface area (Å²) >= 11 is 6.24. The highest BCUT2D eigenvalue weighted by atomic mass is 35.5. The van der Waals surface area contributed by atoms with E-state index < -0.39 is 10.0 Å². The van der Waals surface area contributed by atoms with E-state index in [9.17, 15) is 8.42 Å². The first kappa shape index (κ1) is 21.3. The zero-order valence-corrected chi connectivity index (χ0v) is 17.3. The molecule has 0 saturated heterocycles. The number of anilines is 1. The molecule has 0 bridgehead atoms. The molecule has 0 aliphatic carbocycles. The third kappa shape index (κ3) is 5.76. The number of halogens is 1. The lowest BCUT2D eigenvalue weighted by Gasteiger charge is -2.13. The number of hydrogen-bond donors (Lipinski definition) is 2. The van der Waals surface area contributed by atoms with Gasteiger partial charge in [-0.25, -0.2) is 8.42 Å². The molecule has 2 rings (SSSR count). The summed E-state index contributed by atoms with van der Waals surface area (Å²) in [5.41, 5.74) is 1.37. The lowest BCUT2D eigenvalue weighted by Crippen LogP contribution is -2.15. The first-order valence-electron chi connectivity index (χ1n) is 8.65. The second-order valence-electron chi connectivity index (χ2n) is 5.89. The van der Waals surface area contributed by atoms with Crippen LogP contribution in [-0.2, 0) is 16.4 Å². The van der Waals surface area contributed by atoms with Gasteiger partial charge in [0.05, 0.1) is 19.1 Å². The van der Waals surface area contributed by atoms with E-state index in [1.165, 1.54) is 26.4 Å². The molecule has 0 atom stereocenters. The molecule has 0 spiro atoms. The largest absolute Gasteiger partial charge is 0.493 e. The van der Waals surface area contributed by atoms with Crippen LogP contribution in [0.15, 0.2) is 41.3 Å². The van der Waals surface area contributed by atoms with E-state index in [1.807, 2.05) is 0 Å². The maximum atomic E-state index is 12.7. The maximum Gasteiger partial charge on any atom is 0.262 e. The van der Waals surface area contributed by atoms with E-state index in [-0.39, 0.29) is 4.90 Å². The predicted molar refractivity (Wildman–Crippen MR) is 109 cm³/mol. The maximum absolute atomic E-state index is 12.7. The second kappa shape index (κ2) is 9.82. The highest BCUT2D eigenvalue weighted by Gasteiger charge is 2.17. The zero-order valence-electron chi connectivity index (χ0n) is 15.7. The zero-order chi connectivity index (χ0) is 19.9. The third-order valence-corrected chi connectivity index (χ3v) is 5.76. The van der Waals surface area contributed by atoms with Gasteiger partial charge in [0.25, 0.3) is 10.0 Å². The van der Waals surface area contributed by atoms with Crippen molar-refractivity contribution in [3.63, 3.8) is 0 Å². The van der Waals surface area contributed by atoms with Crippen molar-refractivity contribution in [2.24, 2.45) is 0 Å². The molecule has 0 heterocycles. The summed E-state index contributed by atoms with van der Waals surface area (Å²) in [6, 6.07) is 9.57. The van der Waals surface area contributed by atoms with Gasteiger partial charge in [0.1, 0.15) is 0 Å². The van der Waals surface area contributed by atoms with E-state index >= 15 is 0 Å². The van der Waals surface area contributed by atoms with Crippen LogP contribution in [0.4, 0.5) is 5.69 Å². The van der Waals surface area contributed by atoms with Gasteiger partial charge in [-0.1, -0.05) is 18.5 Å². The molecule has 0 aliphatic rings. The molecule has 0 unspecified atom stereocenters. The number of benzene rings is 2. The van der Waals surface area contributed by atoms with Gasteiger partial charge in [0, 0.05) is 16.8 Å². The highest BCUT2D eigenvalue weighted by molar-refractivity contribution is 7.92. The number of methoxy groups -OCH3 is 2. The fraction of sp³-hybridized carbons (Fsp3) is 0.368. The minimum absolute atomic E-state index is 0.0868. The van der Waals surface area contributed by atoms with Crippen molar-refractivity contribution in [2.75, 3.05) is 32.0 Å². The Morgan fingerprint density at radius 3 is 2.44 bits per heavy atom. The molecule has 0 aliphatic heterocycles. The number of rotatable bonds is 10. The van der Waals surface area contributed by atoms with Gasteiger partial charge in [0.15, 0.2) is 11.5 Å². The van der Waals surface area contributed by atoms with Crippen LogP contribution in [0, 0.1) is 0 Å². The Balaban J connectivity index is 2.20. The first-order valence-corrected chi connectivity index (χ1v) is 10.5. The second-order valence-corrected chi connectivity index (χ2v) is 7.98. The van der Waals surface area contributed by atoms with Crippen LogP contribution < -0.4 is 19.5 Å². The van der Waals surface area contributed by atoms with E-state index in [0.717, 1.165) is 31.5 Å². The number of sulfonamides is 1. The summed E-state index contributed by atoms with van der Waals surface area (Å²) in [6.45, 7) is 3.85. The predicted octanol–water partition coefficient (Wildman–Crippen LogP) is 3.70. The summed E-state index contributed by atoms with van der Waals surface area (Å²) in [4.78, 5) is 0.0868. The molecule has 0 fully saturated rings. The molecule has 27 heavy (non-hydrogen) atoms. The molecule has 6 nitrogen and oxygen atoms in total. The quantitative estimate of drug-likeness (QED) is 0.582. The van der Waals surface area contributed by atoms with Gasteiger partial charge in [0.2, 0.25) is 0 Å². The molecule has 0 aromatic heterocycles. The lowest BCUT2D eigenvalue weighted by atomic mass is 10.1. The van der Waals surface area contributed by atoms with Crippen LogP contribution >= 0.6 is 11.6 Å². The average molecular weight is 413 g/mol.